The fraction of sp³-hybridized carbons (Fsp3) is 0.538. The summed E-state index contributed by atoms with van der Waals surface area (Å²) in [5, 5.41) is 3.28. The highest BCUT2D eigenvalue weighted by Gasteiger charge is 2.27. The summed E-state index contributed by atoms with van der Waals surface area (Å²) in [5.74, 6) is 1.81. The van der Waals surface area contributed by atoms with Crippen LogP contribution in [-0.2, 0) is 16.4 Å². The Morgan fingerprint density at radius 2 is 1.95 bits per heavy atom. The molecule has 0 spiro atoms. The van der Waals surface area contributed by atoms with Crippen LogP contribution in [0.4, 0.5) is 0 Å². The minimum atomic E-state index is -2.85. The molecule has 1 N–H and O–H groups in total. The summed E-state index contributed by atoms with van der Waals surface area (Å²) in [5.41, 5.74) is 1.01. The number of rotatable bonds is 5. The molecule has 2 rings (SSSR count). The maximum absolute atomic E-state index is 11.4. The van der Waals surface area contributed by atoms with Crippen LogP contribution in [0.3, 0.4) is 0 Å². The molecule has 1 atom stereocenters. The number of methoxy groups -OCH3 is 2. The predicted octanol–water partition coefficient (Wildman–Crippen LogP) is 1.74. The molecule has 1 unspecified atom stereocenters. The lowest BCUT2D eigenvalue weighted by Crippen LogP contribution is -2.29. The quantitative estimate of drug-likeness (QED) is 0.862. The van der Waals surface area contributed by atoms with Gasteiger partial charge in [-0.2, -0.15) is 0 Å². The Morgan fingerprint density at radius 3 is 2.50 bits per heavy atom. The Kier molecular flexibility index (Phi) is 4.93. The van der Waals surface area contributed by atoms with Gasteiger partial charge in [0.05, 0.1) is 25.7 Å². The van der Waals surface area contributed by atoms with Gasteiger partial charge in [-0.3, -0.25) is 0 Å². The number of ether oxygens (including phenoxy) is 2. The van der Waals surface area contributed by atoms with Crippen molar-refractivity contribution >= 4 is 25.8 Å². The van der Waals surface area contributed by atoms with Crippen LogP contribution < -0.4 is 14.8 Å². The van der Waals surface area contributed by atoms with Crippen LogP contribution in [0.5, 0.6) is 11.5 Å². The van der Waals surface area contributed by atoms with E-state index in [1.165, 1.54) is 0 Å². The fourth-order valence-corrected chi connectivity index (χ4v) is 4.41. The first-order chi connectivity index (χ1) is 9.45. The molecular formula is C13H18BrNO4S. The Labute approximate surface area is 127 Å². The molecular weight excluding hydrogens is 346 g/mol. The van der Waals surface area contributed by atoms with Crippen molar-refractivity contribution in [1.82, 2.24) is 5.32 Å². The summed E-state index contributed by atoms with van der Waals surface area (Å²) < 4.78 is 34.2. The van der Waals surface area contributed by atoms with Gasteiger partial charge in [0.15, 0.2) is 21.3 Å². The normalized spacial score (nSPS) is 20.9. The van der Waals surface area contributed by atoms with Gasteiger partial charge in [-0.15, -0.1) is 0 Å². The Morgan fingerprint density at radius 1 is 1.30 bits per heavy atom. The highest BCUT2D eigenvalue weighted by atomic mass is 79.9. The van der Waals surface area contributed by atoms with Crippen molar-refractivity contribution in [2.24, 2.45) is 0 Å². The molecule has 112 valence electrons. The van der Waals surface area contributed by atoms with Crippen molar-refractivity contribution in [3.8, 4) is 11.5 Å². The van der Waals surface area contributed by atoms with Crippen LogP contribution >= 0.6 is 15.9 Å². The van der Waals surface area contributed by atoms with Gasteiger partial charge in [-0.25, -0.2) is 8.42 Å². The van der Waals surface area contributed by atoms with Crippen molar-refractivity contribution in [3.63, 3.8) is 0 Å². The van der Waals surface area contributed by atoms with E-state index in [9.17, 15) is 8.42 Å². The summed E-state index contributed by atoms with van der Waals surface area (Å²) in [6, 6.07) is 3.76. The molecule has 1 heterocycles. The minimum absolute atomic E-state index is 0.0278. The van der Waals surface area contributed by atoms with Crippen LogP contribution in [0.2, 0.25) is 0 Å². The van der Waals surface area contributed by atoms with E-state index in [0.717, 1.165) is 10.0 Å². The van der Waals surface area contributed by atoms with Crippen molar-refractivity contribution in [2.75, 3.05) is 25.7 Å². The van der Waals surface area contributed by atoms with Gasteiger partial charge in [-0.1, -0.05) is 15.9 Å². The van der Waals surface area contributed by atoms with Crippen LogP contribution in [0.25, 0.3) is 0 Å². The lowest BCUT2D eigenvalue weighted by Gasteiger charge is -2.14. The number of benzene rings is 1. The molecule has 1 aromatic rings. The van der Waals surface area contributed by atoms with Gasteiger partial charge < -0.3 is 14.8 Å². The lowest BCUT2D eigenvalue weighted by atomic mass is 10.1. The molecule has 20 heavy (non-hydrogen) atoms. The number of nitrogens with one attached hydrogen (secondary N) is 1. The molecule has 7 heteroatoms. The zero-order chi connectivity index (χ0) is 14.8. The van der Waals surface area contributed by atoms with Gasteiger partial charge in [0.2, 0.25) is 0 Å². The molecule has 0 aliphatic carbocycles. The van der Waals surface area contributed by atoms with Gasteiger partial charge in [0.1, 0.15) is 0 Å². The van der Waals surface area contributed by atoms with E-state index >= 15 is 0 Å². The highest BCUT2D eigenvalue weighted by molar-refractivity contribution is 9.10. The number of hydrogen-bond donors (Lipinski definition) is 1. The minimum Gasteiger partial charge on any atom is -0.493 e. The van der Waals surface area contributed by atoms with Gasteiger partial charge in [0.25, 0.3) is 0 Å². The van der Waals surface area contributed by atoms with E-state index in [1.54, 1.807) is 14.2 Å². The average molecular weight is 364 g/mol. The van der Waals surface area contributed by atoms with Crippen molar-refractivity contribution < 1.29 is 17.9 Å². The van der Waals surface area contributed by atoms with E-state index in [0.29, 0.717) is 24.5 Å². The SMILES string of the molecule is COc1cc(Br)c(CNC2CCS(=O)(=O)C2)cc1OC. The Bertz CT molecular complexity index is 588. The van der Waals surface area contributed by atoms with Gasteiger partial charge in [0, 0.05) is 17.1 Å². The van der Waals surface area contributed by atoms with E-state index in [4.69, 9.17) is 9.47 Å². The molecule has 1 fully saturated rings. The van der Waals surface area contributed by atoms with E-state index < -0.39 is 9.84 Å². The number of halogens is 1. The van der Waals surface area contributed by atoms with Crippen molar-refractivity contribution in [1.29, 1.82) is 0 Å². The van der Waals surface area contributed by atoms with Gasteiger partial charge in [-0.05, 0) is 24.1 Å². The lowest BCUT2D eigenvalue weighted by molar-refractivity contribution is 0.354. The first kappa shape index (κ1) is 15.6. The second-order valence-electron chi connectivity index (χ2n) is 4.78. The highest BCUT2D eigenvalue weighted by Crippen LogP contribution is 2.33. The van der Waals surface area contributed by atoms with E-state index in [2.05, 4.69) is 21.2 Å². The number of hydrogen-bond acceptors (Lipinski definition) is 5. The van der Waals surface area contributed by atoms with Crippen LogP contribution in [-0.4, -0.2) is 40.2 Å². The maximum Gasteiger partial charge on any atom is 0.161 e. The third-order valence-corrected chi connectivity index (χ3v) is 5.87. The van der Waals surface area contributed by atoms with E-state index in [-0.39, 0.29) is 17.5 Å². The second kappa shape index (κ2) is 6.32. The molecule has 0 saturated carbocycles. The largest absolute Gasteiger partial charge is 0.493 e. The second-order valence-corrected chi connectivity index (χ2v) is 7.86. The molecule has 0 radical (unpaired) electrons. The summed E-state index contributed by atoms with van der Waals surface area (Å²) in [7, 11) is 0.326. The van der Waals surface area contributed by atoms with Gasteiger partial charge >= 0.3 is 0 Å². The third-order valence-electron chi connectivity index (χ3n) is 3.37. The molecule has 1 aliphatic rings. The predicted molar refractivity (Wildman–Crippen MR) is 81.1 cm³/mol. The Hall–Kier alpha value is -0.790. The summed E-state index contributed by atoms with van der Waals surface area (Å²) in [6.45, 7) is 0.584. The molecule has 5 nitrogen and oxygen atoms in total. The average Bonchev–Trinajstić information content (AvgIpc) is 2.76. The molecule has 0 amide bonds. The molecule has 1 saturated heterocycles. The standard InChI is InChI=1S/C13H18BrNO4S/c1-18-12-5-9(11(14)6-13(12)19-2)7-15-10-3-4-20(16,17)8-10/h5-6,10,15H,3-4,7-8H2,1-2H3. The molecule has 0 bridgehead atoms. The third kappa shape index (κ3) is 3.65. The molecule has 0 aromatic heterocycles. The zero-order valence-electron chi connectivity index (χ0n) is 11.5. The topological polar surface area (TPSA) is 64.6 Å². The Balaban J connectivity index is 2.06. The van der Waals surface area contributed by atoms with E-state index in [1.807, 2.05) is 12.1 Å². The first-order valence-corrected chi connectivity index (χ1v) is 8.91. The summed E-state index contributed by atoms with van der Waals surface area (Å²) in [6.07, 6.45) is 0.674. The zero-order valence-corrected chi connectivity index (χ0v) is 13.9. The van der Waals surface area contributed by atoms with Crippen LogP contribution in [0.15, 0.2) is 16.6 Å². The molecule has 1 aromatic carbocycles. The van der Waals surface area contributed by atoms with Crippen molar-refractivity contribution in [3.05, 3.63) is 22.2 Å². The monoisotopic (exact) mass is 363 g/mol. The summed E-state index contributed by atoms with van der Waals surface area (Å²) in [4.78, 5) is 0. The smallest absolute Gasteiger partial charge is 0.161 e. The van der Waals surface area contributed by atoms with Crippen LogP contribution in [0, 0.1) is 0 Å². The fourth-order valence-electron chi connectivity index (χ4n) is 2.24. The summed E-state index contributed by atoms with van der Waals surface area (Å²) >= 11 is 3.49. The number of sulfone groups is 1. The molecule has 1 aliphatic heterocycles. The van der Waals surface area contributed by atoms with Crippen LogP contribution in [0.1, 0.15) is 12.0 Å². The van der Waals surface area contributed by atoms with Crippen molar-refractivity contribution in [2.45, 2.75) is 19.0 Å². The maximum atomic E-state index is 11.4. The first-order valence-electron chi connectivity index (χ1n) is 6.29.